The fourth-order valence-electron chi connectivity index (χ4n) is 1.54. The van der Waals surface area contributed by atoms with Crippen LogP contribution in [0.3, 0.4) is 0 Å². The van der Waals surface area contributed by atoms with Crippen molar-refractivity contribution in [1.29, 1.82) is 0 Å². The summed E-state index contributed by atoms with van der Waals surface area (Å²) in [5, 5.41) is 3.74. The molecule has 0 aliphatic heterocycles. The summed E-state index contributed by atoms with van der Waals surface area (Å²) in [6.07, 6.45) is 3.27. The van der Waals surface area contributed by atoms with E-state index < -0.39 is 0 Å². The molecule has 0 unspecified atom stereocenters. The van der Waals surface area contributed by atoms with Gasteiger partial charge in [-0.05, 0) is 37.1 Å². The summed E-state index contributed by atoms with van der Waals surface area (Å²) in [6, 6.07) is 4.48. The normalized spacial score (nSPS) is 10.8. The second-order valence-corrected chi connectivity index (χ2v) is 4.64. The van der Waals surface area contributed by atoms with E-state index in [1.54, 1.807) is 6.07 Å². The number of benzene rings is 1. The zero-order valence-electron chi connectivity index (χ0n) is 10.8. The smallest absolute Gasteiger partial charge is 0.124 e. The Hall–Kier alpha value is -0.640. The minimum absolute atomic E-state index is 0.298. The van der Waals surface area contributed by atoms with E-state index in [-0.39, 0.29) is 5.82 Å². The molecule has 0 aromatic heterocycles. The molecule has 0 atom stereocenters. The van der Waals surface area contributed by atoms with Gasteiger partial charge in [0.2, 0.25) is 0 Å². The van der Waals surface area contributed by atoms with Crippen LogP contribution in [0.1, 0.15) is 31.7 Å². The molecular weight excluding hydrogens is 253 g/mol. The van der Waals surface area contributed by atoms with E-state index in [0.29, 0.717) is 11.6 Å². The van der Waals surface area contributed by atoms with Crippen LogP contribution in [0.5, 0.6) is 0 Å². The second-order valence-electron chi connectivity index (χ2n) is 4.23. The molecule has 1 aromatic rings. The summed E-state index contributed by atoms with van der Waals surface area (Å²) < 4.78 is 18.3. The van der Waals surface area contributed by atoms with E-state index in [2.05, 4.69) is 12.2 Å². The van der Waals surface area contributed by atoms with Crippen molar-refractivity contribution in [3.8, 4) is 0 Å². The van der Waals surface area contributed by atoms with E-state index in [1.807, 2.05) is 0 Å². The average Bonchev–Trinajstić information content (AvgIpc) is 2.35. The van der Waals surface area contributed by atoms with Gasteiger partial charge in [-0.3, -0.25) is 0 Å². The molecule has 0 heterocycles. The highest BCUT2D eigenvalue weighted by Gasteiger charge is 2.01. The summed E-state index contributed by atoms with van der Waals surface area (Å²) in [4.78, 5) is 0. The number of hydrogen-bond donors (Lipinski definition) is 1. The van der Waals surface area contributed by atoms with Crippen LogP contribution in [0.2, 0.25) is 5.02 Å². The SMILES string of the molecule is CCCCOCCCNCc1ccc(F)cc1Cl. The molecule has 1 aromatic carbocycles. The van der Waals surface area contributed by atoms with Gasteiger partial charge in [0, 0.05) is 24.8 Å². The Balaban J connectivity index is 2.07. The molecule has 102 valence electrons. The predicted octanol–water partition coefficient (Wildman–Crippen LogP) is 3.78. The van der Waals surface area contributed by atoms with Gasteiger partial charge in [0.05, 0.1) is 0 Å². The van der Waals surface area contributed by atoms with Gasteiger partial charge < -0.3 is 10.1 Å². The molecule has 0 fully saturated rings. The van der Waals surface area contributed by atoms with Crippen LogP contribution in [-0.4, -0.2) is 19.8 Å². The van der Waals surface area contributed by atoms with Gasteiger partial charge in [-0.25, -0.2) is 4.39 Å². The van der Waals surface area contributed by atoms with Crippen LogP contribution >= 0.6 is 11.6 Å². The van der Waals surface area contributed by atoms with Crippen LogP contribution in [0.4, 0.5) is 4.39 Å². The lowest BCUT2D eigenvalue weighted by atomic mass is 10.2. The highest BCUT2D eigenvalue weighted by molar-refractivity contribution is 6.31. The molecule has 18 heavy (non-hydrogen) atoms. The second kappa shape index (κ2) is 9.31. The van der Waals surface area contributed by atoms with Gasteiger partial charge in [-0.15, -0.1) is 0 Å². The first-order valence-corrected chi connectivity index (χ1v) is 6.84. The van der Waals surface area contributed by atoms with Crippen LogP contribution < -0.4 is 5.32 Å². The molecule has 0 aliphatic carbocycles. The van der Waals surface area contributed by atoms with Crippen molar-refractivity contribution in [2.45, 2.75) is 32.7 Å². The Morgan fingerprint density at radius 2 is 2.06 bits per heavy atom. The zero-order chi connectivity index (χ0) is 13.2. The minimum Gasteiger partial charge on any atom is -0.381 e. The average molecular weight is 274 g/mol. The largest absolute Gasteiger partial charge is 0.381 e. The lowest BCUT2D eigenvalue weighted by Gasteiger charge is -2.07. The van der Waals surface area contributed by atoms with Crippen molar-refractivity contribution in [3.05, 3.63) is 34.6 Å². The highest BCUT2D eigenvalue weighted by Crippen LogP contribution is 2.16. The molecule has 0 radical (unpaired) electrons. The maximum absolute atomic E-state index is 12.8. The third kappa shape index (κ3) is 6.34. The lowest BCUT2D eigenvalue weighted by Crippen LogP contribution is -2.16. The quantitative estimate of drug-likeness (QED) is 0.692. The molecule has 0 amide bonds. The molecule has 4 heteroatoms. The fraction of sp³-hybridized carbons (Fsp3) is 0.571. The van der Waals surface area contributed by atoms with Gasteiger partial charge in [-0.1, -0.05) is 31.0 Å². The Labute approximate surface area is 113 Å². The predicted molar refractivity (Wildman–Crippen MR) is 73.5 cm³/mol. The minimum atomic E-state index is -0.298. The van der Waals surface area contributed by atoms with Gasteiger partial charge in [-0.2, -0.15) is 0 Å². The first kappa shape index (κ1) is 15.4. The van der Waals surface area contributed by atoms with Crippen molar-refractivity contribution in [3.63, 3.8) is 0 Å². The molecule has 1 rings (SSSR count). The lowest BCUT2D eigenvalue weighted by molar-refractivity contribution is 0.129. The first-order valence-electron chi connectivity index (χ1n) is 6.46. The third-order valence-corrected chi connectivity index (χ3v) is 2.97. The van der Waals surface area contributed by atoms with Crippen molar-refractivity contribution >= 4 is 11.6 Å². The van der Waals surface area contributed by atoms with E-state index in [9.17, 15) is 4.39 Å². The van der Waals surface area contributed by atoms with Crippen molar-refractivity contribution in [2.24, 2.45) is 0 Å². The van der Waals surface area contributed by atoms with Gasteiger partial charge >= 0.3 is 0 Å². The Morgan fingerprint density at radius 1 is 1.28 bits per heavy atom. The Bertz CT molecular complexity index is 347. The van der Waals surface area contributed by atoms with Crippen LogP contribution in [0.15, 0.2) is 18.2 Å². The maximum atomic E-state index is 12.8. The summed E-state index contributed by atoms with van der Waals surface area (Å²) in [6.45, 7) is 5.32. The summed E-state index contributed by atoms with van der Waals surface area (Å²) in [5.41, 5.74) is 0.921. The van der Waals surface area contributed by atoms with Gasteiger partial charge in [0.1, 0.15) is 5.82 Å². The molecule has 2 nitrogen and oxygen atoms in total. The van der Waals surface area contributed by atoms with Crippen LogP contribution in [-0.2, 0) is 11.3 Å². The molecule has 0 spiro atoms. The topological polar surface area (TPSA) is 21.3 Å². The Kier molecular flexibility index (Phi) is 7.98. The van der Waals surface area contributed by atoms with Crippen molar-refractivity contribution in [2.75, 3.05) is 19.8 Å². The highest BCUT2D eigenvalue weighted by atomic mass is 35.5. The van der Waals surface area contributed by atoms with Gasteiger partial charge in [0.15, 0.2) is 0 Å². The fourth-order valence-corrected chi connectivity index (χ4v) is 1.77. The monoisotopic (exact) mass is 273 g/mol. The van der Waals surface area contributed by atoms with Crippen molar-refractivity contribution in [1.82, 2.24) is 5.32 Å². The summed E-state index contributed by atoms with van der Waals surface area (Å²) in [5.74, 6) is -0.298. The number of ether oxygens (including phenoxy) is 1. The van der Waals surface area contributed by atoms with E-state index in [0.717, 1.165) is 38.2 Å². The Morgan fingerprint density at radius 3 is 2.78 bits per heavy atom. The summed E-state index contributed by atoms with van der Waals surface area (Å²) in [7, 11) is 0. The molecule has 0 saturated carbocycles. The van der Waals surface area contributed by atoms with Gasteiger partial charge in [0.25, 0.3) is 0 Å². The maximum Gasteiger partial charge on any atom is 0.124 e. The number of halogens is 2. The molecule has 0 aliphatic rings. The number of rotatable bonds is 9. The summed E-state index contributed by atoms with van der Waals surface area (Å²) >= 11 is 5.92. The zero-order valence-corrected chi connectivity index (χ0v) is 11.6. The number of nitrogens with one attached hydrogen (secondary N) is 1. The molecule has 0 saturated heterocycles. The first-order chi connectivity index (χ1) is 8.74. The number of unbranched alkanes of at least 4 members (excludes halogenated alkanes) is 1. The third-order valence-electron chi connectivity index (χ3n) is 2.62. The van der Waals surface area contributed by atoms with E-state index in [4.69, 9.17) is 16.3 Å². The van der Waals surface area contributed by atoms with Crippen LogP contribution in [0, 0.1) is 5.82 Å². The standard InChI is InChI=1S/C14H21ClFNO/c1-2-3-8-18-9-4-7-17-11-12-5-6-13(16)10-14(12)15/h5-6,10,17H,2-4,7-9,11H2,1H3. The van der Waals surface area contributed by atoms with Crippen LogP contribution in [0.25, 0.3) is 0 Å². The number of hydrogen-bond acceptors (Lipinski definition) is 2. The van der Waals surface area contributed by atoms with E-state index in [1.165, 1.54) is 18.6 Å². The molecule has 0 bridgehead atoms. The molecular formula is C14H21ClFNO. The molecule has 1 N–H and O–H groups in total. The van der Waals surface area contributed by atoms with E-state index >= 15 is 0 Å². The van der Waals surface area contributed by atoms with Crippen molar-refractivity contribution < 1.29 is 9.13 Å².